The van der Waals surface area contributed by atoms with Crippen LogP contribution in [0.25, 0.3) is 0 Å². The maximum atomic E-state index is 6.09. The summed E-state index contributed by atoms with van der Waals surface area (Å²) < 4.78 is 12.1. The molecule has 1 N–H and O–H groups in total. The van der Waals surface area contributed by atoms with E-state index in [0.29, 0.717) is 12.0 Å². The zero-order valence-corrected chi connectivity index (χ0v) is 15.1. The number of para-hydroxylation sites is 1. The molecule has 0 aromatic heterocycles. The third-order valence-corrected chi connectivity index (χ3v) is 5.99. The van der Waals surface area contributed by atoms with Crippen molar-refractivity contribution in [2.75, 3.05) is 32.8 Å². The highest BCUT2D eigenvalue weighted by atomic mass is 16.6. The van der Waals surface area contributed by atoms with Crippen LogP contribution in [0.3, 0.4) is 0 Å². The van der Waals surface area contributed by atoms with Gasteiger partial charge < -0.3 is 14.8 Å². The number of rotatable bonds is 2. The van der Waals surface area contributed by atoms with E-state index in [0.717, 1.165) is 18.0 Å². The van der Waals surface area contributed by atoms with Crippen LogP contribution in [0.5, 0.6) is 11.5 Å². The zero-order chi connectivity index (χ0) is 16.6. The molecule has 1 aromatic carbocycles. The van der Waals surface area contributed by atoms with Gasteiger partial charge in [-0.25, -0.2) is 0 Å². The van der Waals surface area contributed by atoms with Crippen LogP contribution in [0, 0.1) is 5.41 Å². The van der Waals surface area contributed by atoms with Crippen molar-refractivity contribution in [2.45, 2.75) is 51.7 Å². The molecule has 0 unspecified atom stereocenters. The number of piperidine rings is 2. The Hall–Kier alpha value is -1.26. The van der Waals surface area contributed by atoms with E-state index in [2.05, 4.69) is 36.2 Å². The maximum Gasteiger partial charge on any atom is 0.165 e. The molecule has 4 nitrogen and oxygen atoms in total. The smallest absolute Gasteiger partial charge is 0.165 e. The molecule has 3 aliphatic rings. The highest BCUT2D eigenvalue weighted by Crippen LogP contribution is 2.42. The Labute approximate surface area is 145 Å². The molecule has 132 valence electrons. The van der Waals surface area contributed by atoms with Crippen LogP contribution in [0.2, 0.25) is 0 Å². The van der Waals surface area contributed by atoms with E-state index in [-0.39, 0.29) is 5.60 Å². The van der Waals surface area contributed by atoms with Gasteiger partial charge in [-0.05, 0) is 77.2 Å². The van der Waals surface area contributed by atoms with Crippen molar-refractivity contribution in [2.24, 2.45) is 5.41 Å². The van der Waals surface area contributed by atoms with Crippen molar-refractivity contribution < 1.29 is 9.47 Å². The van der Waals surface area contributed by atoms with Crippen molar-refractivity contribution in [1.82, 2.24) is 10.2 Å². The molecule has 0 atom stereocenters. The van der Waals surface area contributed by atoms with E-state index in [1.807, 2.05) is 6.07 Å². The monoisotopic (exact) mass is 330 g/mol. The van der Waals surface area contributed by atoms with Gasteiger partial charge in [-0.1, -0.05) is 12.1 Å². The first kappa shape index (κ1) is 16.2. The van der Waals surface area contributed by atoms with Gasteiger partial charge in [-0.3, -0.25) is 4.90 Å². The van der Waals surface area contributed by atoms with Gasteiger partial charge in [0.1, 0.15) is 12.2 Å². The summed E-state index contributed by atoms with van der Waals surface area (Å²) in [6.45, 7) is 10.6. The van der Waals surface area contributed by atoms with Gasteiger partial charge in [0.15, 0.2) is 11.5 Å². The molecular formula is C20H30N2O2. The van der Waals surface area contributed by atoms with E-state index in [9.17, 15) is 0 Å². The molecule has 0 radical (unpaired) electrons. The predicted octanol–water partition coefficient (Wildman–Crippen LogP) is 3.20. The van der Waals surface area contributed by atoms with E-state index < -0.39 is 0 Å². The number of likely N-dealkylation sites (tertiary alicyclic amines) is 1. The van der Waals surface area contributed by atoms with Gasteiger partial charge in [0.05, 0.1) is 0 Å². The van der Waals surface area contributed by atoms with E-state index >= 15 is 0 Å². The standard InChI is InChI=1S/C20H30N2O2/c1-19(2)15-23-18-16(4-3-5-17(18)24-19)14-22-12-8-20(9-13-22)6-10-21-11-7-20/h3-5,21H,6-15H2,1-2H3. The summed E-state index contributed by atoms with van der Waals surface area (Å²) >= 11 is 0. The van der Waals surface area contributed by atoms with Crippen LogP contribution in [0.4, 0.5) is 0 Å². The van der Waals surface area contributed by atoms with Gasteiger partial charge in [0.2, 0.25) is 0 Å². The lowest BCUT2D eigenvalue weighted by atomic mass is 9.71. The van der Waals surface area contributed by atoms with E-state index in [1.54, 1.807) is 0 Å². The second-order valence-electron chi connectivity index (χ2n) is 8.42. The molecule has 2 saturated heterocycles. The Morgan fingerprint density at radius 2 is 1.83 bits per heavy atom. The van der Waals surface area contributed by atoms with Gasteiger partial charge in [0, 0.05) is 12.1 Å². The first-order valence-electron chi connectivity index (χ1n) is 9.42. The third kappa shape index (κ3) is 3.27. The lowest BCUT2D eigenvalue weighted by Gasteiger charge is -2.44. The molecule has 3 aliphatic heterocycles. The third-order valence-electron chi connectivity index (χ3n) is 5.99. The lowest BCUT2D eigenvalue weighted by Crippen LogP contribution is -2.45. The number of fused-ring (bicyclic) bond motifs is 1. The number of benzene rings is 1. The molecule has 1 aromatic rings. The van der Waals surface area contributed by atoms with Gasteiger partial charge in [0.25, 0.3) is 0 Å². The van der Waals surface area contributed by atoms with Crippen molar-refractivity contribution in [3.63, 3.8) is 0 Å². The van der Waals surface area contributed by atoms with Crippen molar-refractivity contribution in [3.05, 3.63) is 23.8 Å². The number of nitrogens with one attached hydrogen (secondary N) is 1. The average molecular weight is 330 g/mol. The molecular weight excluding hydrogens is 300 g/mol. The minimum atomic E-state index is -0.238. The molecule has 24 heavy (non-hydrogen) atoms. The summed E-state index contributed by atoms with van der Waals surface area (Å²) in [6, 6.07) is 6.31. The Morgan fingerprint density at radius 1 is 1.08 bits per heavy atom. The first-order valence-corrected chi connectivity index (χ1v) is 9.42. The van der Waals surface area contributed by atoms with Gasteiger partial charge in [-0.15, -0.1) is 0 Å². The van der Waals surface area contributed by atoms with Crippen LogP contribution in [0.15, 0.2) is 18.2 Å². The molecule has 0 aliphatic carbocycles. The van der Waals surface area contributed by atoms with Crippen LogP contribution in [0.1, 0.15) is 45.1 Å². The Morgan fingerprint density at radius 3 is 2.58 bits per heavy atom. The summed E-state index contributed by atoms with van der Waals surface area (Å²) in [4.78, 5) is 2.59. The number of hydrogen-bond acceptors (Lipinski definition) is 4. The predicted molar refractivity (Wildman–Crippen MR) is 95.7 cm³/mol. The molecule has 4 rings (SSSR count). The molecule has 1 spiro atoms. The normalized spacial score (nSPS) is 25.6. The summed E-state index contributed by atoms with van der Waals surface area (Å²) in [5.74, 6) is 1.86. The first-order chi connectivity index (χ1) is 11.6. The largest absolute Gasteiger partial charge is 0.485 e. The highest BCUT2D eigenvalue weighted by molar-refractivity contribution is 5.48. The molecule has 2 fully saturated rings. The van der Waals surface area contributed by atoms with Crippen molar-refractivity contribution >= 4 is 0 Å². The van der Waals surface area contributed by atoms with E-state index in [4.69, 9.17) is 9.47 Å². The molecule has 0 saturated carbocycles. The minimum absolute atomic E-state index is 0.238. The summed E-state index contributed by atoms with van der Waals surface area (Å²) in [5, 5.41) is 3.50. The van der Waals surface area contributed by atoms with Crippen molar-refractivity contribution in [1.29, 1.82) is 0 Å². The summed E-state index contributed by atoms with van der Waals surface area (Å²) in [6.07, 6.45) is 5.39. The Kier molecular flexibility index (Phi) is 4.21. The minimum Gasteiger partial charge on any atom is -0.485 e. The number of hydrogen-bond donors (Lipinski definition) is 1. The van der Waals surface area contributed by atoms with Crippen molar-refractivity contribution in [3.8, 4) is 11.5 Å². The van der Waals surface area contributed by atoms with Crippen LogP contribution in [-0.4, -0.2) is 43.3 Å². The quantitative estimate of drug-likeness (QED) is 0.903. The number of ether oxygens (including phenoxy) is 2. The van der Waals surface area contributed by atoms with Gasteiger partial charge >= 0.3 is 0 Å². The topological polar surface area (TPSA) is 33.7 Å². The second kappa shape index (κ2) is 6.23. The fraction of sp³-hybridized carbons (Fsp3) is 0.700. The molecule has 0 bridgehead atoms. The SMILES string of the molecule is CC1(C)COc2c(CN3CCC4(CCNCC4)CC3)cccc2O1. The Balaban J connectivity index is 1.42. The summed E-state index contributed by atoms with van der Waals surface area (Å²) in [7, 11) is 0. The molecule has 0 amide bonds. The second-order valence-corrected chi connectivity index (χ2v) is 8.42. The number of nitrogens with zero attached hydrogens (tertiary/aromatic N) is 1. The maximum absolute atomic E-state index is 6.09. The zero-order valence-electron chi connectivity index (χ0n) is 15.1. The van der Waals surface area contributed by atoms with Gasteiger partial charge in [-0.2, -0.15) is 0 Å². The van der Waals surface area contributed by atoms with Crippen LogP contribution < -0.4 is 14.8 Å². The lowest BCUT2D eigenvalue weighted by molar-refractivity contribution is 0.0192. The summed E-state index contributed by atoms with van der Waals surface area (Å²) in [5.41, 5.74) is 1.64. The van der Waals surface area contributed by atoms with Crippen LogP contribution >= 0.6 is 0 Å². The van der Waals surface area contributed by atoms with E-state index in [1.165, 1.54) is 57.4 Å². The fourth-order valence-electron chi connectivity index (χ4n) is 4.39. The average Bonchev–Trinajstić information content (AvgIpc) is 2.57. The highest BCUT2D eigenvalue weighted by Gasteiger charge is 2.36. The molecule has 3 heterocycles. The Bertz CT molecular complexity index is 583. The van der Waals surface area contributed by atoms with Crippen LogP contribution in [-0.2, 0) is 6.54 Å². The fourth-order valence-corrected chi connectivity index (χ4v) is 4.39. The molecule has 4 heteroatoms.